The minimum atomic E-state index is -1.11. The molecule has 0 heterocycles. The van der Waals surface area contributed by atoms with Gasteiger partial charge in [-0.2, -0.15) is 0 Å². The fourth-order valence-corrected chi connectivity index (χ4v) is 8.56. The maximum Gasteiger partial charge on any atom is 0.519 e. The Bertz CT molecular complexity index is 3260. The Morgan fingerprint density at radius 3 is 0.965 bits per heavy atom. The summed E-state index contributed by atoms with van der Waals surface area (Å²) >= 11 is 0. The number of nitrogens with two attached hydrogens (primary N) is 1. The lowest BCUT2D eigenvalue weighted by Gasteiger charge is -2.32. The molecule has 7 N–H and O–H groups in total. The van der Waals surface area contributed by atoms with Gasteiger partial charge in [-0.05, 0) is 222 Å². The second-order valence-corrected chi connectivity index (χ2v) is 31.6. The zero-order valence-electron chi connectivity index (χ0n) is 70.7. The van der Waals surface area contributed by atoms with Crippen molar-refractivity contribution >= 4 is 78.8 Å². The van der Waals surface area contributed by atoms with Crippen molar-refractivity contribution in [3.63, 3.8) is 0 Å². The number of rotatable bonds is 31. The van der Waals surface area contributed by atoms with Crippen molar-refractivity contribution < 1.29 is 115 Å². The number of hydrogen-bond acceptors (Lipinski definition) is 27. The van der Waals surface area contributed by atoms with E-state index in [1.54, 1.807) is 125 Å². The van der Waals surface area contributed by atoms with Gasteiger partial charge in [-0.3, -0.25) is 14.4 Å². The number of likely N-dealkylation sites (N-methyl/N-ethyl adjacent to an activating group) is 3. The van der Waals surface area contributed by atoms with E-state index in [1.165, 1.54) is 13.8 Å². The van der Waals surface area contributed by atoms with Gasteiger partial charge in [0.05, 0.1) is 0 Å². The predicted molar refractivity (Wildman–Crippen MR) is 423 cm³/mol. The van der Waals surface area contributed by atoms with Gasteiger partial charge in [-0.1, -0.05) is 91.0 Å². The minimum absolute atomic E-state index is 0.0251. The summed E-state index contributed by atoms with van der Waals surface area (Å²) in [6.45, 7) is 38.0. The van der Waals surface area contributed by atoms with Gasteiger partial charge in [0.15, 0.2) is 11.6 Å². The Morgan fingerprint density at radius 1 is 0.416 bits per heavy atom. The summed E-state index contributed by atoms with van der Waals surface area (Å²) in [7, 11) is 5.61. The highest BCUT2D eigenvalue weighted by molar-refractivity contribution is 5.96. The number of imide groups is 2. The molecule has 0 aliphatic heterocycles. The summed E-state index contributed by atoms with van der Waals surface area (Å²) in [5.41, 5.74) is 3.48. The average Bonchev–Trinajstić information content (AvgIpc) is 0.830. The van der Waals surface area contributed by atoms with Crippen molar-refractivity contribution in [2.24, 2.45) is 5.73 Å². The second kappa shape index (κ2) is 53.9. The Morgan fingerprint density at radius 2 is 0.699 bits per heavy atom. The van der Waals surface area contributed by atoms with Crippen LogP contribution in [0.25, 0.3) is 0 Å². The number of ketones is 2. The number of aliphatic carboxylic acids is 1. The first-order valence-electron chi connectivity index (χ1n) is 37.1. The summed E-state index contributed by atoms with van der Waals surface area (Å²) in [5.74, 6) is -1.75. The molecule has 0 fully saturated rings. The van der Waals surface area contributed by atoms with Gasteiger partial charge >= 0.3 is 60.9 Å². The first-order valence-corrected chi connectivity index (χ1v) is 37.1. The molecule has 3 aromatic carbocycles. The number of Topliss-reactive ketones (excluding diaryl/α,β-unsaturated/α-hetero) is 2. The number of aldehydes is 1. The van der Waals surface area contributed by atoms with Crippen molar-refractivity contribution in [2.45, 2.75) is 249 Å². The molecular weight excluding hydrogens is 1470 g/mol. The van der Waals surface area contributed by atoms with Gasteiger partial charge in [-0.25, -0.2) is 53.0 Å². The van der Waals surface area contributed by atoms with Crippen LogP contribution in [-0.2, 0) is 86.4 Å². The average molecular weight is 1600 g/mol. The maximum atomic E-state index is 12.9. The Balaban J connectivity index is 0. The molecule has 7 amide bonds. The molecule has 0 spiro atoms. The van der Waals surface area contributed by atoms with Crippen molar-refractivity contribution in [1.82, 2.24) is 40.9 Å². The molecule has 638 valence electrons. The Kier molecular flexibility index (Phi) is 50.1. The summed E-state index contributed by atoms with van der Waals surface area (Å²) < 4.78 is 50.2. The van der Waals surface area contributed by atoms with Gasteiger partial charge in [0.2, 0.25) is 0 Å². The van der Waals surface area contributed by atoms with Crippen LogP contribution in [-0.4, -0.2) is 229 Å². The third-order valence-electron chi connectivity index (χ3n) is 13.6. The third kappa shape index (κ3) is 58.5. The van der Waals surface area contributed by atoms with Gasteiger partial charge in [0.25, 0.3) is 0 Å². The van der Waals surface area contributed by atoms with Crippen LogP contribution in [0, 0.1) is 0 Å². The van der Waals surface area contributed by atoms with E-state index in [9.17, 15) is 62.3 Å². The first kappa shape index (κ1) is 105. The first-order chi connectivity index (χ1) is 52.2. The maximum absolute atomic E-state index is 12.9. The number of carboxylic acids is 1. The van der Waals surface area contributed by atoms with E-state index in [1.807, 2.05) is 122 Å². The molecule has 0 aliphatic rings. The molecule has 113 heavy (non-hydrogen) atoms. The van der Waals surface area contributed by atoms with Crippen molar-refractivity contribution in [3.05, 3.63) is 108 Å². The number of hydrogen-bond donors (Lipinski definition) is 6. The van der Waals surface area contributed by atoms with Crippen LogP contribution < -0.4 is 27.0 Å². The Hall–Kier alpha value is -9.99. The number of benzene rings is 3. The number of carboxylic acid groups (broad SMARTS) is 1. The van der Waals surface area contributed by atoms with Crippen LogP contribution in [0.2, 0.25) is 0 Å². The van der Waals surface area contributed by atoms with Gasteiger partial charge in [0.1, 0.15) is 77.8 Å². The molecule has 3 atom stereocenters. The molecule has 0 bridgehead atoms. The van der Waals surface area contributed by atoms with Crippen molar-refractivity contribution in [1.29, 1.82) is 0 Å². The molecule has 33 heteroatoms. The number of alkyl carbamates (subject to hydrolysis) is 3. The largest absolute Gasteiger partial charge is 0.519 e. The smallest absolute Gasteiger partial charge is 0.480 e. The molecule has 0 saturated heterocycles. The molecule has 33 nitrogen and oxygen atoms in total. The zero-order valence-corrected chi connectivity index (χ0v) is 70.7. The topological polar surface area (TPSA) is 422 Å². The van der Waals surface area contributed by atoms with Crippen LogP contribution in [0.15, 0.2) is 91.0 Å². The van der Waals surface area contributed by atoms with E-state index in [4.69, 9.17) is 53.5 Å². The summed E-state index contributed by atoms with van der Waals surface area (Å²) in [6.07, 6.45) is -4.67. The number of carbonyl (C=O) groups excluding carboxylic acids is 12. The van der Waals surface area contributed by atoms with Crippen LogP contribution in [0.5, 0.6) is 0 Å². The van der Waals surface area contributed by atoms with Crippen molar-refractivity contribution in [2.75, 3.05) is 73.5 Å². The highest BCUT2D eigenvalue weighted by atomic mass is 16.8. The fraction of sp³-hybridized carbons (Fsp3) is 0.613. The van der Waals surface area contributed by atoms with E-state index >= 15 is 0 Å². The number of carbonyl (C=O) groups is 13. The standard InChI is InChI=1S/C27H43N3O7.C16H25N3O4.C16H27NO6.C11H16N2O2.C10H18O5/c1-20(31)22(30(24(33)36-26(2,3)4)25(34)37-27(5,6)7)15-12-17-29(8)18-16-28-23(32)35-19-21-13-10-9-11-14-21;1-19(10-5-8-14(17)15(20)21)11-9-18-16(22)23-12-13-6-3-2-4-7-13;1-11(19)12(9-8-10-18)17(13(20)22-15(2,3)4)14(21)23-16(5,6)7;1-12-7-8-13-11(14)15-9-10-5-3-2-4-6-10;1-9(2,3)14-7(11)13-8(12)15-10(4,5)6/h9-11,13-14,22H,12,15-19H2,1-8H3,(H,28,32);2-4,6-7,14H,5,8-12,17H2,1H3,(H,18,22)(H,20,21);10,12H,8-9H2,1-7H3;2-6,12H,7-9H2,1H3,(H,13,14);1-6H3/t22-;14-;12-;;/m000../s1. The Labute approximate surface area is 667 Å². The number of nitrogens with one attached hydrogen (secondary N) is 4. The van der Waals surface area contributed by atoms with Crippen LogP contribution in [0.1, 0.15) is 194 Å². The number of amides is 7. The summed E-state index contributed by atoms with van der Waals surface area (Å²) in [5, 5.41) is 19.6. The molecular formula is C80H129N9O24. The molecule has 0 radical (unpaired) electrons. The zero-order chi connectivity index (χ0) is 86.9. The van der Waals surface area contributed by atoms with E-state index in [0.717, 1.165) is 34.7 Å². The molecule has 0 aromatic heterocycles. The summed E-state index contributed by atoms with van der Waals surface area (Å²) in [6, 6.07) is 25.5. The van der Waals surface area contributed by atoms with Crippen molar-refractivity contribution in [3.8, 4) is 0 Å². The lowest BCUT2D eigenvalue weighted by molar-refractivity contribution is -0.138. The normalized spacial score (nSPS) is 12.0. The van der Waals surface area contributed by atoms with Crippen LogP contribution in [0.3, 0.4) is 0 Å². The third-order valence-corrected chi connectivity index (χ3v) is 13.6. The fourth-order valence-electron chi connectivity index (χ4n) is 8.56. The second-order valence-electron chi connectivity index (χ2n) is 31.6. The lowest BCUT2D eigenvalue weighted by Crippen LogP contribution is -2.51. The predicted octanol–water partition coefficient (Wildman–Crippen LogP) is 12.9. The quantitative estimate of drug-likeness (QED) is 0.0115. The molecule has 0 unspecified atom stereocenters. The van der Waals surface area contributed by atoms with Gasteiger partial charge in [0, 0.05) is 45.7 Å². The number of nitrogens with zero attached hydrogens (tertiary/aromatic N) is 4. The van der Waals surface area contributed by atoms with Gasteiger partial charge in [-0.15, -0.1) is 0 Å². The lowest BCUT2D eigenvalue weighted by atomic mass is 10.1. The number of ether oxygens (including phenoxy) is 10. The van der Waals surface area contributed by atoms with E-state index in [0.29, 0.717) is 76.3 Å². The molecule has 0 saturated carbocycles. The molecule has 0 aliphatic carbocycles. The highest BCUT2D eigenvalue weighted by Gasteiger charge is 2.40. The van der Waals surface area contributed by atoms with E-state index in [2.05, 4.69) is 26.0 Å². The van der Waals surface area contributed by atoms with Crippen LogP contribution >= 0.6 is 0 Å². The molecule has 3 rings (SSSR count). The molecule has 3 aromatic rings. The summed E-state index contributed by atoms with van der Waals surface area (Å²) in [4.78, 5) is 158. The minimum Gasteiger partial charge on any atom is -0.480 e. The SMILES string of the molecule is CC(=O)[C@H](CCC=O)N(C(=O)OC(C)(C)C)C(=O)OC(C)(C)C.CC(=O)[C@H](CCCN(C)CCNC(=O)OCc1ccccc1)N(C(=O)OC(C)(C)C)C(=O)OC(C)(C)C.CC(C)(C)OC(=O)OC(=O)OC(C)(C)C.CN(CCC[C@H](N)C(=O)O)CCNC(=O)OCc1ccccc1.CNCCNC(=O)OCc1ccccc1. The van der Waals surface area contributed by atoms with E-state index in [-0.39, 0.29) is 44.4 Å². The van der Waals surface area contributed by atoms with E-state index < -0.39 is 112 Å². The van der Waals surface area contributed by atoms with Gasteiger partial charge < -0.3 is 94.1 Å². The monoisotopic (exact) mass is 1600 g/mol. The van der Waals surface area contributed by atoms with Crippen LogP contribution in [0.4, 0.5) is 43.2 Å². The highest BCUT2D eigenvalue weighted by Crippen LogP contribution is 2.23.